The van der Waals surface area contributed by atoms with Gasteiger partial charge < -0.3 is 5.11 Å². The van der Waals surface area contributed by atoms with Gasteiger partial charge in [0.25, 0.3) is 0 Å². The SMILES string of the molecule is O=C/C=C/c1ccc(C(=O)c2ccc(O)cc2)cc1. The van der Waals surface area contributed by atoms with Crippen molar-refractivity contribution in [3.63, 3.8) is 0 Å². The van der Waals surface area contributed by atoms with Crippen molar-refractivity contribution in [3.8, 4) is 5.75 Å². The minimum atomic E-state index is -0.106. The van der Waals surface area contributed by atoms with Gasteiger partial charge in [-0.15, -0.1) is 0 Å². The molecule has 0 saturated carbocycles. The minimum absolute atomic E-state index is 0.106. The van der Waals surface area contributed by atoms with Gasteiger partial charge in [-0.05, 0) is 35.9 Å². The summed E-state index contributed by atoms with van der Waals surface area (Å²) in [7, 11) is 0. The zero-order chi connectivity index (χ0) is 13.7. The summed E-state index contributed by atoms with van der Waals surface area (Å²) in [5, 5.41) is 9.18. The van der Waals surface area contributed by atoms with E-state index in [2.05, 4.69) is 0 Å². The number of aromatic hydroxyl groups is 1. The van der Waals surface area contributed by atoms with E-state index in [0.717, 1.165) is 5.56 Å². The zero-order valence-electron chi connectivity index (χ0n) is 10.1. The molecule has 0 spiro atoms. The number of aldehydes is 1. The maximum Gasteiger partial charge on any atom is 0.193 e. The summed E-state index contributed by atoms with van der Waals surface area (Å²) in [4.78, 5) is 22.3. The number of carbonyl (C=O) groups is 2. The number of benzene rings is 2. The quantitative estimate of drug-likeness (QED) is 0.517. The molecular formula is C16H12O3. The average molecular weight is 252 g/mol. The van der Waals surface area contributed by atoms with E-state index in [9.17, 15) is 14.7 Å². The summed E-state index contributed by atoms with van der Waals surface area (Å²) in [6.07, 6.45) is 3.77. The molecule has 0 aromatic heterocycles. The van der Waals surface area contributed by atoms with E-state index in [1.54, 1.807) is 42.5 Å². The van der Waals surface area contributed by atoms with Crippen LogP contribution in [-0.4, -0.2) is 17.2 Å². The van der Waals surface area contributed by atoms with Crippen molar-refractivity contribution in [3.05, 3.63) is 71.3 Å². The Morgan fingerprint density at radius 1 is 0.895 bits per heavy atom. The van der Waals surface area contributed by atoms with Crippen LogP contribution in [0.5, 0.6) is 5.75 Å². The second-order valence-corrected chi connectivity index (χ2v) is 3.99. The number of ketones is 1. The van der Waals surface area contributed by atoms with Crippen molar-refractivity contribution < 1.29 is 14.7 Å². The third-order valence-corrected chi connectivity index (χ3v) is 2.67. The summed E-state index contributed by atoms with van der Waals surface area (Å²) < 4.78 is 0. The van der Waals surface area contributed by atoms with Crippen LogP contribution in [0.3, 0.4) is 0 Å². The van der Waals surface area contributed by atoms with Gasteiger partial charge in [0.05, 0.1) is 0 Å². The second-order valence-electron chi connectivity index (χ2n) is 3.99. The fourth-order valence-corrected chi connectivity index (χ4v) is 1.68. The molecule has 19 heavy (non-hydrogen) atoms. The van der Waals surface area contributed by atoms with E-state index in [-0.39, 0.29) is 11.5 Å². The van der Waals surface area contributed by atoms with Gasteiger partial charge in [0, 0.05) is 11.1 Å². The summed E-state index contributed by atoms with van der Waals surface area (Å²) in [6, 6.07) is 13.1. The van der Waals surface area contributed by atoms with E-state index in [0.29, 0.717) is 17.4 Å². The molecule has 2 rings (SSSR count). The largest absolute Gasteiger partial charge is 0.508 e. The molecule has 0 heterocycles. The molecule has 0 fully saturated rings. The molecule has 0 unspecified atom stereocenters. The number of phenolic OH excluding ortho intramolecular Hbond substituents is 1. The smallest absolute Gasteiger partial charge is 0.193 e. The van der Waals surface area contributed by atoms with Crippen LogP contribution in [0.2, 0.25) is 0 Å². The fraction of sp³-hybridized carbons (Fsp3) is 0. The van der Waals surface area contributed by atoms with Gasteiger partial charge in [0.1, 0.15) is 12.0 Å². The first-order chi connectivity index (χ1) is 9.20. The summed E-state index contributed by atoms with van der Waals surface area (Å²) in [5.74, 6) is 0.0248. The topological polar surface area (TPSA) is 54.4 Å². The predicted molar refractivity (Wildman–Crippen MR) is 73.1 cm³/mol. The second kappa shape index (κ2) is 5.78. The highest BCUT2D eigenvalue weighted by Gasteiger charge is 2.08. The summed E-state index contributed by atoms with van der Waals surface area (Å²) in [6.45, 7) is 0. The molecule has 0 radical (unpaired) electrons. The molecule has 0 saturated heterocycles. The van der Waals surface area contributed by atoms with Gasteiger partial charge in [-0.3, -0.25) is 9.59 Å². The Balaban J connectivity index is 2.22. The third kappa shape index (κ3) is 3.16. The summed E-state index contributed by atoms with van der Waals surface area (Å²) >= 11 is 0. The summed E-state index contributed by atoms with van der Waals surface area (Å²) in [5.41, 5.74) is 1.94. The van der Waals surface area contributed by atoms with Crippen molar-refractivity contribution in [1.82, 2.24) is 0 Å². The van der Waals surface area contributed by atoms with Crippen molar-refractivity contribution >= 4 is 18.1 Å². The first kappa shape index (κ1) is 12.8. The van der Waals surface area contributed by atoms with Gasteiger partial charge in [0.15, 0.2) is 5.78 Å². The Morgan fingerprint density at radius 3 is 1.95 bits per heavy atom. The molecule has 0 aliphatic carbocycles. The van der Waals surface area contributed by atoms with Gasteiger partial charge in [0.2, 0.25) is 0 Å². The van der Waals surface area contributed by atoms with Gasteiger partial charge in [-0.25, -0.2) is 0 Å². The lowest BCUT2D eigenvalue weighted by molar-refractivity contribution is -0.104. The molecule has 94 valence electrons. The van der Waals surface area contributed by atoms with Crippen LogP contribution in [0.15, 0.2) is 54.6 Å². The number of phenols is 1. The molecule has 2 aromatic rings. The lowest BCUT2D eigenvalue weighted by Crippen LogP contribution is -2.00. The maximum atomic E-state index is 12.1. The van der Waals surface area contributed by atoms with E-state index >= 15 is 0 Å². The maximum absolute atomic E-state index is 12.1. The molecule has 0 aliphatic rings. The monoisotopic (exact) mass is 252 g/mol. The average Bonchev–Trinajstić information content (AvgIpc) is 2.46. The van der Waals surface area contributed by atoms with Crippen molar-refractivity contribution in [2.24, 2.45) is 0 Å². The first-order valence-corrected chi connectivity index (χ1v) is 5.76. The first-order valence-electron chi connectivity index (χ1n) is 5.76. The normalized spacial score (nSPS) is 10.5. The number of hydrogen-bond donors (Lipinski definition) is 1. The molecule has 0 bridgehead atoms. The Kier molecular flexibility index (Phi) is 3.88. The van der Waals surface area contributed by atoms with E-state index in [1.165, 1.54) is 18.2 Å². The van der Waals surface area contributed by atoms with E-state index in [4.69, 9.17) is 0 Å². The molecule has 3 nitrogen and oxygen atoms in total. The zero-order valence-corrected chi connectivity index (χ0v) is 10.1. The van der Waals surface area contributed by atoms with Crippen molar-refractivity contribution in [2.45, 2.75) is 0 Å². The number of allylic oxidation sites excluding steroid dienone is 1. The standard InChI is InChI=1S/C16H12O3/c17-11-1-2-12-3-5-13(6-4-12)16(19)14-7-9-15(18)10-8-14/h1-11,18H/b2-1+. The molecule has 0 atom stereocenters. The molecular weight excluding hydrogens is 240 g/mol. The predicted octanol–water partition coefficient (Wildman–Crippen LogP) is 2.84. The number of rotatable bonds is 4. The van der Waals surface area contributed by atoms with Gasteiger partial charge in [-0.2, -0.15) is 0 Å². The lowest BCUT2D eigenvalue weighted by Gasteiger charge is -2.02. The lowest BCUT2D eigenvalue weighted by atomic mass is 10.0. The molecule has 0 amide bonds. The van der Waals surface area contributed by atoms with Crippen LogP contribution in [-0.2, 0) is 4.79 Å². The van der Waals surface area contributed by atoms with Crippen LogP contribution >= 0.6 is 0 Å². The van der Waals surface area contributed by atoms with Gasteiger partial charge in [-0.1, -0.05) is 30.3 Å². The Labute approximate surface area is 110 Å². The third-order valence-electron chi connectivity index (χ3n) is 2.67. The molecule has 0 aliphatic heterocycles. The van der Waals surface area contributed by atoms with E-state index in [1.807, 2.05) is 0 Å². The Morgan fingerprint density at radius 2 is 1.42 bits per heavy atom. The van der Waals surface area contributed by atoms with Crippen LogP contribution in [0.1, 0.15) is 21.5 Å². The molecule has 3 heteroatoms. The van der Waals surface area contributed by atoms with Crippen molar-refractivity contribution in [2.75, 3.05) is 0 Å². The van der Waals surface area contributed by atoms with E-state index < -0.39 is 0 Å². The molecule has 2 aromatic carbocycles. The molecule has 1 N–H and O–H groups in total. The number of carbonyl (C=O) groups excluding carboxylic acids is 2. The van der Waals surface area contributed by atoms with Crippen LogP contribution < -0.4 is 0 Å². The van der Waals surface area contributed by atoms with Crippen molar-refractivity contribution in [1.29, 1.82) is 0 Å². The number of hydrogen-bond acceptors (Lipinski definition) is 3. The highest BCUT2D eigenvalue weighted by molar-refractivity contribution is 6.09. The minimum Gasteiger partial charge on any atom is -0.508 e. The van der Waals surface area contributed by atoms with Crippen LogP contribution in [0, 0.1) is 0 Å². The Hall–Kier alpha value is -2.68. The highest BCUT2D eigenvalue weighted by Crippen LogP contribution is 2.15. The highest BCUT2D eigenvalue weighted by atomic mass is 16.3. The Bertz CT molecular complexity index is 607. The fourth-order valence-electron chi connectivity index (χ4n) is 1.68. The van der Waals surface area contributed by atoms with Gasteiger partial charge >= 0.3 is 0 Å². The van der Waals surface area contributed by atoms with Crippen LogP contribution in [0.25, 0.3) is 6.08 Å². The van der Waals surface area contributed by atoms with Crippen LogP contribution in [0.4, 0.5) is 0 Å².